The van der Waals surface area contributed by atoms with E-state index in [0.29, 0.717) is 0 Å². The zero-order valence-electron chi connectivity index (χ0n) is 9.67. The summed E-state index contributed by atoms with van der Waals surface area (Å²) in [4.78, 5) is 10.9. The normalized spacial score (nSPS) is 19.9. The Labute approximate surface area is 96.7 Å². The lowest BCUT2D eigenvalue weighted by molar-refractivity contribution is -0.122. The first-order valence-corrected chi connectivity index (χ1v) is 5.60. The van der Waals surface area contributed by atoms with Crippen LogP contribution < -0.4 is 0 Å². The number of carboxylic acid groups (broad SMARTS) is 1. The van der Waals surface area contributed by atoms with Crippen molar-refractivity contribution >= 4 is 6.47 Å². The molecule has 0 amide bonds. The highest BCUT2D eigenvalue weighted by atomic mass is 16.3. The summed E-state index contributed by atoms with van der Waals surface area (Å²) >= 11 is 0. The van der Waals surface area contributed by atoms with Crippen molar-refractivity contribution < 1.29 is 9.90 Å². The van der Waals surface area contributed by atoms with Gasteiger partial charge in [-0.25, -0.2) is 0 Å². The number of likely N-dealkylation sites (tertiary alicyclic amines) is 1. The van der Waals surface area contributed by atoms with Crippen LogP contribution in [0, 0.1) is 5.92 Å². The van der Waals surface area contributed by atoms with Gasteiger partial charge in [0.2, 0.25) is 0 Å². The molecule has 16 heavy (non-hydrogen) atoms. The third kappa shape index (κ3) is 4.45. The molecular weight excluding hydrogens is 202 g/mol. The monoisotopic (exact) mass is 221 g/mol. The molecule has 1 unspecified atom stereocenters. The molecule has 1 fully saturated rings. The second-order valence-corrected chi connectivity index (χ2v) is 4.22. The zero-order chi connectivity index (χ0) is 11.8. The Bertz CT molecular complexity index is 300. The molecule has 3 heteroatoms. The van der Waals surface area contributed by atoms with Crippen LogP contribution in [0.4, 0.5) is 0 Å². The van der Waals surface area contributed by atoms with Crippen molar-refractivity contribution in [3.05, 3.63) is 35.9 Å². The average Bonchev–Trinajstić information content (AvgIpc) is 2.67. The molecule has 1 atom stereocenters. The summed E-state index contributed by atoms with van der Waals surface area (Å²) in [6, 6.07) is 10.7. The lowest BCUT2D eigenvalue weighted by Crippen LogP contribution is -2.19. The van der Waals surface area contributed by atoms with Gasteiger partial charge in [-0.05, 0) is 24.4 Å². The summed E-state index contributed by atoms with van der Waals surface area (Å²) in [6.07, 6.45) is 1.37. The third-order valence-electron chi connectivity index (χ3n) is 2.76. The zero-order valence-corrected chi connectivity index (χ0v) is 9.67. The highest BCUT2D eigenvalue weighted by Crippen LogP contribution is 2.17. The molecule has 0 spiro atoms. The predicted octanol–water partition coefficient (Wildman–Crippen LogP) is 2.23. The van der Waals surface area contributed by atoms with E-state index in [-0.39, 0.29) is 6.47 Å². The molecule has 0 radical (unpaired) electrons. The lowest BCUT2D eigenvalue weighted by atomic mass is 10.2. The summed E-state index contributed by atoms with van der Waals surface area (Å²) in [7, 11) is 0. The minimum atomic E-state index is -0.250. The van der Waals surface area contributed by atoms with Gasteiger partial charge in [0, 0.05) is 13.1 Å². The Hall–Kier alpha value is -1.35. The van der Waals surface area contributed by atoms with Gasteiger partial charge < -0.3 is 5.11 Å². The maximum absolute atomic E-state index is 8.36. The Morgan fingerprint density at radius 3 is 2.56 bits per heavy atom. The number of carbonyl (C=O) groups is 1. The van der Waals surface area contributed by atoms with E-state index in [1.54, 1.807) is 0 Å². The van der Waals surface area contributed by atoms with E-state index in [0.717, 1.165) is 12.5 Å². The maximum Gasteiger partial charge on any atom is 0.290 e. The molecule has 0 aromatic heterocycles. The first kappa shape index (κ1) is 12.7. The van der Waals surface area contributed by atoms with Crippen LogP contribution >= 0.6 is 0 Å². The second-order valence-electron chi connectivity index (χ2n) is 4.22. The summed E-state index contributed by atoms with van der Waals surface area (Å²) < 4.78 is 0. The number of rotatable bonds is 2. The van der Waals surface area contributed by atoms with Gasteiger partial charge in [0.05, 0.1) is 0 Å². The molecule has 3 nitrogen and oxygen atoms in total. The van der Waals surface area contributed by atoms with Gasteiger partial charge in [-0.1, -0.05) is 37.3 Å². The second kappa shape index (κ2) is 7.01. The fourth-order valence-corrected chi connectivity index (χ4v) is 2.01. The van der Waals surface area contributed by atoms with Crippen molar-refractivity contribution in [1.82, 2.24) is 4.90 Å². The van der Waals surface area contributed by atoms with Gasteiger partial charge in [0.25, 0.3) is 6.47 Å². The van der Waals surface area contributed by atoms with Crippen molar-refractivity contribution in [2.75, 3.05) is 13.1 Å². The van der Waals surface area contributed by atoms with E-state index >= 15 is 0 Å². The van der Waals surface area contributed by atoms with Crippen LogP contribution in [0.2, 0.25) is 0 Å². The smallest absolute Gasteiger partial charge is 0.290 e. The average molecular weight is 221 g/mol. The molecule has 2 rings (SSSR count). The maximum atomic E-state index is 8.36. The van der Waals surface area contributed by atoms with Crippen molar-refractivity contribution in [2.45, 2.75) is 19.9 Å². The minimum Gasteiger partial charge on any atom is -0.483 e. The van der Waals surface area contributed by atoms with Crippen LogP contribution in [0.3, 0.4) is 0 Å². The summed E-state index contributed by atoms with van der Waals surface area (Å²) in [6.45, 7) is 5.77. The largest absolute Gasteiger partial charge is 0.483 e. The number of nitrogens with zero attached hydrogens (tertiary/aromatic N) is 1. The van der Waals surface area contributed by atoms with Gasteiger partial charge in [-0.15, -0.1) is 0 Å². The van der Waals surface area contributed by atoms with Crippen molar-refractivity contribution in [3.63, 3.8) is 0 Å². The minimum absolute atomic E-state index is 0.250. The van der Waals surface area contributed by atoms with E-state index in [1.165, 1.54) is 25.1 Å². The van der Waals surface area contributed by atoms with Crippen LogP contribution in [-0.4, -0.2) is 29.6 Å². The van der Waals surface area contributed by atoms with Crippen LogP contribution in [0.5, 0.6) is 0 Å². The van der Waals surface area contributed by atoms with Gasteiger partial charge in [-0.3, -0.25) is 9.69 Å². The molecule has 1 N–H and O–H groups in total. The topological polar surface area (TPSA) is 40.5 Å². The molecule has 0 saturated carbocycles. The molecule has 1 aromatic rings. The Morgan fingerprint density at radius 2 is 2.06 bits per heavy atom. The van der Waals surface area contributed by atoms with Crippen molar-refractivity contribution in [2.24, 2.45) is 5.92 Å². The van der Waals surface area contributed by atoms with Crippen LogP contribution in [0.15, 0.2) is 30.3 Å². The lowest BCUT2D eigenvalue weighted by Gasteiger charge is -2.14. The Balaban J connectivity index is 0.000000386. The van der Waals surface area contributed by atoms with Gasteiger partial charge in [-0.2, -0.15) is 0 Å². The van der Waals surface area contributed by atoms with Crippen LogP contribution in [0.25, 0.3) is 0 Å². The van der Waals surface area contributed by atoms with Crippen LogP contribution in [-0.2, 0) is 11.3 Å². The van der Waals surface area contributed by atoms with E-state index in [1.807, 2.05) is 0 Å². The standard InChI is InChI=1S/C12H17N.CH2O2/c1-11-7-8-13(9-11)10-12-5-3-2-4-6-12;2-1-3/h2-6,11H,7-10H2,1H3;1H,(H,2,3). The van der Waals surface area contributed by atoms with E-state index < -0.39 is 0 Å². The molecule has 1 saturated heterocycles. The van der Waals surface area contributed by atoms with Gasteiger partial charge >= 0.3 is 0 Å². The number of hydrogen-bond donors (Lipinski definition) is 1. The summed E-state index contributed by atoms with van der Waals surface area (Å²) in [5, 5.41) is 6.89. The summed E-state index contributed by atoms with van der Waals surface area (Å²) in [5.74, 6) is 0.892. The highest BCUT2D eigenvalue weighted by molar-refractivity contribution is 5.32. The SMILES string of the molecule is CC1CCN(Cc2ccccc2)C1.O=CO. The number of benzene rings is 1. The molecule has 1 aromatic carbocycles. The van der Waals surface area contributed by atoms with Gasteiger partial charge in [0.1, 0.15) is 0 Å². The quantitative estimate of drug-likeness (QED) is 0.778. The van der Waals surface area contributed by atoms with E-state index in [9.17, 15) is 0 Å². The number of hydrogen-bond acceptors (Lipinski definition) is 2. The Morgan fingerprint density at radius 1 is 1.44 bits per heavy atom. The van der Waals surface area contributed by atoms with E-state index in [2.05, 4.69) is 42.2 Å². The first-order valence-electron chi connectivity index (χ1n) is 5.60. The molecular formula is C13H19NO2. The molecule has 1 aliphatic rings. The molecule has 0 aliphatic carbocycles. The van der Waals surface area contributed by atoms with Crippen molar-refractivity contribution in [3.8, 4) is 0 Å². The Kier molecular flexibility index (Phi) is 5.57. The molecule has 0 bridgehead atoms. The predicted molar refractivity (Wildman–Crippen MR) is 64.2 cm³/mol. The molecule has 1 heterocycles. The van der Waals surface area contributed by atoms with Gasteiger partial charge in [0.15, 0.2) is 0 Å². The summed E-state index contributed by atoms with van der Waals surface area (Å²) in [5.41, 5.74) is 1.44. The fraction of sp³-hybridized carbons (Fsp3) is 0.462. The third-order valence-corrected chi connectivity index (χ3v) is 2.76. The first-order chi connectivity index (χ1) is 7.76. The highest BCUT2D eigenvalue weighted by Gasteiger charge is 2.17. The van der Waals surface area contributed by atoms with Crippen LogP contribution in [0.1, 0.15) is 18.9 Å². The molecule has 1 aliphatic heterocycles. The fourth-order valence-electron chi connectivity index (χ4n) is 2.01. The van der Waals surface area contributed by atoms with Crippen molar-refractivity contribution in [1.29, 1.82) is 0 Å². The molecule has 88 valence electrons. The van der Waals surface area contributed by atoms with E-state index in [4.69, 9.17) is 9.90 Å².